The third-order valence-corrected chi connectivity index (χ3v) is 3.72. The summed E-state index contributed by atoms with van der Waals surface area (Å²) in [4.78, 5) is 11.7. The first-order valence-electron chi connectivity index (χ1n) is 7.31. The fraction of sp³-hybridized carbons (Fsp3) is 0.562. The average molecular weight is 277 g/mol. The standard InChI is InChI=1S/C16H23NO3/c1-12-2-6-15(7-3-12)20-16(18)10-11-19-14-8-4-13(17)5-9-14/h4-5,8-9,12,15H,2-3,6-7,10-11,17H2,1H3. The maximum absolute atomic E-state index is 11.7. The molecule has 0 amide bonds. The molecule has 1 aromatic carbocycles. The highest BCUT2D eigenvalue weighted by atomic mass is 16.5. The molecule has 0 bridgehead atoms. The quantitative estimate of drug-likeness (QED) is 0.663. The number of hydrogen-bond acceptors (Lipinski definition) is 4. The molecule has 110 valence electrons. The third kappa shape index (κ3) is 4.76. The zero-order chi connectivity index (χ0) is 14.4. The molecule has 0 atom stereocenters. The Labute approximate surface area is 120 Å². The van der Waals surface area contributed by atoms with Crippen molar-refractivity contribution in [2.75, 3.05) is 12.3 Å². The minimum Gasteiger partial charge on any atom is -0.493 e. The zero-order valence-electron chi connectivity index (χ0n) is 12.0. The van der Waals surface area contributed by atoms with E-state index in [1.165, 1.54) is 0 Å². The molecule has 0 unspecified atom stereocenters. The van der Waals surface area contributed by atoms with Gasteiger partial charge >= 0.3 is 5.97 Å². The van der Waals surface area contributed by atoms with Crippen molar-refractivity contribution in [1.29, 1.82) is 0 Å². The fourth-order valence-electron chi connectivity index (χ4n) is 2.41. The number of esters is 1. The van der Waals surface area contributed by atoms with Crippen molar-refractivity contribution in [1.82, 2.24) is 0 Å². The van der Waals surface area contributed by atoms with Crippen molar-refractivity contribution in [2.45, 2.75) is 45.1 Å². The smallest absolute Gasteiger partial charge is 0.309 e. The number of hydrogen-bond donors (Lipinski definition) is 1. The summed E-state index contributed by atoms with van der Waals surface area (Å²) in [6.45, 7) is 2.59. The lowest BCUT2D eigenvalue weighted by molar-refractivity contribution is -0.151. The Balaban J connectivity index is 1.64. The molecule has 4 nitrogen and oxygen atoms in total. The van der Waals surface area contributed by atoms with Crippen LogP contribution in [0.1, 0.15) is 39.0 Å². The molecule has 1 aliphatic rings. The van der Waals surface area contributed by atoms with Gasteiger partial charge in [-0.2, -0.15) is 0 Å². The lowest BCUT2D eigenvalue weighted by atomic mass is 9.89. The van der Waals surface area contributed by atoms with Crippen LogP contribution in [0.25, 0.3) is 0 Å². The van der Waals surface area contributed by atoms with Gasteiger partial charge in [-0.3, -0.25) is 4.79 Å². The number of benzene rings is 1. The molecule has 0 radical (unpaired) electrons. The van der Waals surface area contributed by atoms with Gasteiger partial charge in [0.25, 0.3) is 0 Å². The molecule has 0 saturated heterocycles. The van der Waals surface area contributed by atoms with Crippen molar-refractivity contribution < 1.29 is 14.3 Å². The largest absolute Gasteiger partial charge is 0.493 e. The normalized spacial score (nSPS) is 22.2. The molecule has 1 fully saturated rings. The average Bonchev–Trinajstić information content (AvgIpc) is 2.44. The van der Waals surface area contributed by atoms with Crippen LogP contribution in [-0.4, -0.2) is 18.7 Å². The summed E-state index contributed by atoms with van der Waals surface area (Å²) in [5, 5.41) is 0. The molecule has 0 heterocycles. The van der Waals surface area contributed by atoms with Crippen molar-refractivity contribution in [3.8, 4) is 5.75 Å². The van der Waals surface area contributed by atoms with Gasteiger partial charge in [0, 0.05) is 5.69 Å². The highest BCUT2D eigenvalue weighted by Gasteiger charge is 2.21. The van der Waals surface area contributed by atoms with E-state index in [0.29, 0.717) is 12.3 Å². The second-order valence-electron chi connectivity index (χ2n) is 5.54. The number of carbonyl (C=O) groups excluding carboxylic acids is 1. The summed E-state index contributed by atoms with van der Waals surface area (Å²) in [7, 11) is 0. The van der Waals surface area contributed by atoms with E-state index in [0.717, 1.165) is 37.4 Å². The SMILES string of the molecule is CC1CCC(OC(=O)CCOc2ccc(N)cc2)CC1. The molecular formula is C16H23NO3. The van der Waals surface area contributed by atoms with Crippen LogP contribution in [0.3, 0.4) is 0 Å². The number of ether oxygens (including phenoxy) is 2. The lowest BCUT2D eigenvalue weighted by Crippen LogP contribution is -2.24. The molecule has 0 aliphatic heterocycles. The molecule has 1 saturated carbocycles. The lowest BCUT2D eigenvalue weighted by Gasteiger charge is -2.25. The molecule has 4 heteroatoms. The Kier molecular flexibility index (Phi) is 5.27. The number of anilines is 1. The van der Waals surface area contributed by atoms with E-state index in [2.05, 4.69) is 6.92 Å². The summed E-state index contributed by atoms with van der Waals surface area (Å²) < 4.78 is 10.9. The molecule has 1 aliphatic carbocycles. The van der Waals surface area contributed by atoms with Crippen molar-refractivity contribution in [3.63, 3.8) is 0 Å². The van der Waals surface area contributed by atoms with Crippen LogP contribution in [0.4, 0.5) is 5.69 Å². The Morgan fingerprint density at radius 3 is 2.50 bits per heavy atom. The molecule has 2 rings (SSSR count). The summed E-state index contributed by atoms with van der Waals surface area (Å²) in [5.74, 6) is 1.32. The van der Waals surface area contributed by atoms with Gasteiger partial charge in [-0.1, -0.05) is 6.92 Å². The van der Waals surface area contributed by atoms with Crippen LogP contribution in [-0.2, 0) is 9.53 Å². The van der Waals surface area contributed by atoms with E-state index in [-0.39, 0.29) is 18.5 Å². The summed E-state index contributed by atoms with van der Waals surface area (Å²) >= 11 is 0. The van der Waals surface area contributed by atoms with Gasteiger partial charge in [-0.15, -0.1) is 0 Å². The van der Waals surface area contributed by atoms with Crippen molar-refractivity contribution >= 4 is 11.7 Å². The van der Waals surface area contributed by atoms with Crippen LogP contribution in [0.5, 0.6) is 5.75 Å². The van der Waals surface area contributed by atoms with Crippen LogP contribution in [0.2, 0.25) is 0 Å². The van der Waals surface area contributed by atoms with E-state index >= 15 is 0 Å². The number of nitrogen functional groups attached to an aromatic ring is 1. The van der Waals surface area contributed by atoms with E-state index in [4.69, 9.17) is 15.2 Å². The number of rotatable bonds is 5. The third-order valence-electron chi connectivity index (χ3n) is 3.72. The second-order valence-corrected chi connectivity index (χ2v) is 5.54. The first-order valence-corrected chi connectivity index (χ1v) is 7.31. The predicted octanol–water partition coefficient (Wildman–Crippen LogP) is 3.16. The van der Waals surface area contributed by atoms with Gasteiger partial charge in [0.2, 0.25) is 0 Å². The first kappa shape index (κ1) is 14.7. The Morgan fingerprint density at radius 1 is 1.20 bits per heavy atom. The molecule has 20 heavy (non-hydrogen) atoms. The van der Waals surface area contributed by atoms with Gasteiger partial charge in [-0.05, 0) is 55.9 Å². The first-order chi connectivity index (χ1) is 9.63. The van der Waals surface area contributed by atoms with Crippen LogP contribution < -0.4 is 10.5 Å². The minimum absolute atomic E-state index is 0.107. The topological polar surface area (TPSA) is 61.5 Å². The Bertz CT molecular complexity index is 422. The van der Waals surface area contributed by atoms with E-state index in [1.807, 2.05) is 0 Å². The minimum atomic E-state index is -0.167. The summed E-state index contributed by atoms with van der Waals surface area (Å²) in [6.07, 6.45) is 4.68. The van der Waals surface area contributed by atoms with Gasteiger partial charge in [0.05, 0.1) is 13.0 Å². The predicted molar refractivity (Wildman–Crippen MR) is 78.5 cm³/mol. The van der Waals surface area contributed by atoms with E-state index in [9.17, 15) is 4.79 Å². The summed E-state index contributed by atoms with van der Waals surface area (Å²) in [6, 6.07) is 7.14. The van der Waals surface area contributed by atoms with Gasteiger partial charge in [0.1, 0.15) is 11.9 Å². The van der Waals surface area contributed by atoms with Crippen molar-refractivity contribution in [2.24, 2.45) is 5.92 Å². The van der Waals surface area contributed by atoms with Crippen LogP contribution in [0.15, 0.2) is 24.3 Å². The van der Waals surface area contributed by atoms with E-state index in [1.54, 1.807) is 24.3 Å². The Morgan fingerprint density at radius 2 is 1.85 bits per heavy atom. The molecular weight excluding hydrogens is 254 g/mol. The highest BCUT2D eigenvalue weighted by molar-refractivity contribution is 5.69. The van der Waals surface area contributed by atoms with Gasteiger partial charge in [-0.25, -0.2) is 0 Å². The maximum Gasteiger partial charge on any atom is 0.309 e. The van der Waals surface area contributed by atoms with Gasteiger partial charge < -0.3 is 15.2 Å². The molecule has 2 N–H and O–H groups in total. The second kappa shape index (κ2) is 7.17. The highest BCUT2D eigenvalue weighted by Crippen LogP contribution is 2.25. The summed E-state index contributed by atoms with van der Waals surface area (Å²) in [5.41, 5.74) is 6.29. The monoisotopic (exact) mass is 277 g/mol. The Hall–Kier alpha value is -1.71. The number of nitrogens with two attached hydrogens (primary N) is 1. The molecule has 1 aromatic rings. The molecule has 0 aromatic heterocycles. The molecule has 0 spiro atoms. The van der Waals surface area contributed by atoms with Crippen molar-refractivity contribution in [3.05, 3.63) is 24.3 Å². The van der Waals surface area contributed by atoms with Crippen LogP contribution >= 0.6 is 0 Å². The van der Waals surface area contributed by atoms with E-state index < -0.39 is 0 Å². The number of carbonyl (C=O) groups is 1. The zero-order valence-corrected chi connectivity index (χ0v) is 12.0. The van der Waals surface area contributed by atoms with Gasteiger partial charge in [0.15, 0.2) is 0 Å². The van der Waals surface area contributed by atoms with Crippen LogP contribution in [0, 0.1) is 5.92 Å². The maximum atomic E-state index is 11.7. The fourth-order valence-corrected chi connectivity index (χ4v) is 2.41.